The number of aromatic nitrogens is 1. The van der Waals surface area contributed by atoms with Crippen molar-refractivity contribution in [3.63, 3.8) is 0 Å². The van der Waals surface area contributed by atoms with Crippen molar-refractivity contribution in [2.24, 2.45) is 0 Å². The summed E-state index contributed by atoms with van der Waals surface area (Å²) >= 11 is 2.21. The Bertz CT molecular complexity index is 520. The summed E-state index contributed by atoms with van der Waals surface area (Å²) in [6.07, 6.45) is 1.57. The molecule has 0 aliphatic carbocycles. The van der Waals surface area contributed by atoms with Crippen LogP contribution in [0.5, 0.6) is 0 Å². The van der Waals surface area contributed by atoms with E-state index in [1.165, 1.54) is 22.8 Å². The second-order valence-corrected chi connectivity index (χ2v) is 4.51. The van der Waals surface area contributed by atoms with Gasteiger partial charge in [-0.25, -0.2) is 4.98 Å². The number of nitro groups is 1. The Hall–Kier alpha value is -1.80. The number of rotatable bonds is 3. The maximum Gasteiger partial charge on any atom is 0.324 e. The zero-order valence-electron chi connectivity index (χ0n) is 7.75. The molecule has 8 heteroatoms. The fraction of sp³-hybridized carbons (Fsp3) is 0. The maximum atomic E-state index is 11.6. The Morgan fingerprint density at radius 1 is 1.50 bits per heavy atom. The molecule has 6 nitrogen and oxygen atoms in total. The van der Waals surface area contributed by atoms with Gasteiger partial charge in [-0.1, -0.05) is 11.3 Å². The molecule has 1 amide bonds. The third-order valence-corrected chi connectivity index (χ3v) is 3.25. The monoisotopic (exact) mass is 255 g/mol. The highest BCUT2D eigenvalue weighted by molar-refractivity contribution is 7.14. The normalized spacial score (nSPS) is 10.0. The van der Waals surface area contributed by atoms with E-state index in [4.69, 9.17) is 0 Å². The van der Waals surface area contributed by atoms with Gasteiger partial charge in [-0.3, -0.25) is 20.2 Å². The largest absolute Gasteiger partial charge is 0.324 e. The lowest BCUT2D eigenvalue weighted by Gasteiger charge is -1.96. The molecule has 0 radical (unpaired) electrons. The minimum absolute atomic E-state index is 0.0516. The van der Waals surface area contributed by atoms with Gasteiger partial charge in [-0.2, -0.15) is 0 Å². The van der Waals surface area contributed by atoms with E-state index in [1.807, 2.05) is 0 Å². The van der Waals surface area contributed by atoms with Crippen molar-refractivity contribution in [2.75, 3.05) is 5.32 Å². The molecule has 0 fully saturated rings. The highest BCUT2D eigenvalue weighted by Gasteiger charge is 2.15. The van der Waals surface area contributed by atoms with Gasteiger partial charge in [-0.05, 0) is 0 Å². The van der Waals surface area contributed by atoms with E-state index < -0.39 is 4.92 Å². The van der Waals surface area contributed by atoms with E-state index in [0.29, 0.717) is 5.13 Å². The van der Waals surface area contributed by atoms with Gasteiger partial charge in [0.2, 0.25) is 0 Å². The van der Waals surface area contributed by atoms with Gasteiger partial charge in [0.15, 0.2) is 5.13 Å². The van der Waals surface area contributed by atoms with E-state index in [0.717, 1.165) is 11.3 Å². The molecule has 0 saturated carbocycles. The van der Waals surface area contributed by atoms with Crippen LogP contribution in [0.4, 0.5) is 10.1 Å². The third kappa shape index (κ3) is 2.23. The van der Waals surface area contributed by atoms with Crippen molar-refractivity contribution in [1.82, 2.24) is 4.98 Å². The van der Waals surface area contributed by atoms with E-state index in [9.17, 15) is 14.9 Å². The second-order valence-electron chi connectivity index (χ2n) is 2.72. The number of carbonyl (C=O) groups is 1. The molecule has 0 spiro atoms. The summed E-state index contributed by atoms with van der Waals surface area (Å²) in [6, 6.07) is 1.24. The lowest BCUT2D eigenvalue weighted by Crippen LogP contribution is -2.10. The Morgan fingerprint density at radius 2 is 2.31 bits per heavy atom. The highest BCUT2D eigenvalue weighted by atomic mass is 32.1. The molecule has 2 aromatic heterocycles. The van der Waals surface area contributed by atoms with Gasteiger partial charge in [0, 0.05) is 23.0 Å². The summed E-state index contributed by atoms with van der Waals surface area (Å²) in [4.78, 5) is 25.4. The SMILES string of the molecule is O=C(Nc1nccs1)c1csc([N+](=O)[O-])c1. The molecule has 2 heterocycles. The van der Waals surface area contributed by atoms with Crippen molar-refractivity contribution in [1.29, 1.82) is 0 Å². The molecule has 0 aliphatic rings. The lowest BCUT2D eigenvalue weighted by atomic mass is 10.3. The first-order valence-electron chi connectivity index (χ1n) is 4.10. The van der Waals surface area contributed by atoms with Crippen molar-refractivity contribution < 1.29 is 9.72 Å². The molecular formula is C8H5N3O3S2. The van der Waals surface area contributed by atoms with Crippen LogP contribution >= 0.6 is 22.7 Å². The first kappa shape index (κ1) is 10.7. The van der Waals surface area contributed by atoms with Gasteiger partial charge in [0.25, 0.3) is 5.91 Å². The summed E-state index contributed by atoms with van der Waals surface area (Å²) in [5.74, 6) is -0.390. The number of amides is 1. The molecule has 2 aromatic rings. The van der Waals surface area contributed by atoms with E-state index in [1.54, 1.807) is 11.6 Å². The zero-order valence-corrected chi connectivity index (χ0v) is 9.38. The quantitative estimate of drug-likeness (QED) is 0.674. The van der Waals surface area contributed by atoms with Gasteiger partial charge in [0.1, 0.15) is 0 Å². The van der Waals surface area contributed by atoms with E-state index in [-0.39, 0.29) is 16.5 Å². The molecule has 0 unspecified atom stereocenters. The number of anilines is 1. The van der Waals surface area contributed by atoms with Gasteiger partial charge in [0.05, 0.1) is 10.5 Å². The number of nitrogens with one attached hydrogen (secondary N) is 1. The van der Waals surface area contributed by atoms with E-state index >= 15 is 0 Å². The number of hydrogen-bond acceptors (Lipinski definition) is 6. The molecule has 82 valence electrons. The minimum Gasteiger partial charge on any atom is -0.298 e. The summed E-state index contributed by atoms with van der Waals surface area (Å²) in [5.41, 5.74) is 0.270. The number of nitrogens with zero attached hydrogens (tertiary/aromatic N) is 2. The van der Waals surface area contributed by atoms with Crippen molar-refractivity contribution in [3.8, 4) is 0 Å². The Morgan fingerprint density at radius 3 is 2.88 bits per heavy atom. The van der Waals surface area contributed by atoms with Crippen molar-refractivity contribution in [3.05, 3.63) is 38.7 Å². The Balaban J connectivity index is 2.12. The minimum atomic E-state index is -0.523. The molecule has 0 aliphatic heterocycles. The van der Waals surface area contributed by atoms with Gasteiger partial charge < -0.3 is 0 Å². The fourth-order valence-corrected chi connectivity index (χ4v) is 2.22. The van der Waals surface area contributed by atoms with Crippen LogP contribution in [0.3, 0.4) is 0 Å². The van der Waals surface area contributed by atoms with Crippen LogP contribution in [0.1, 0.15) is 10.4 Å². The average molecular weight is 255 g/mol. The standard InChI is InChI=1S/C8H5N3O3S2/c12-7(10-8-9-1-2-15-8)5-3-6(11(13)14)16-4-5/h1-4H,(H,9,10,12). The molecule has 0 bridgehead atoms. The summed E-state index contributed by atoms with van der Waals surface area (Å²) in [7, 11) is 0. The van der Waals surface area contributed by atoms with Crippen molar-refractivity contribution >= 4 is 38.7 Å². The van der Waals surface area contributed by atoms with Gasteiger partial charge >= 0.3 is 5.00 Å². The molecular weight excluding hydrogens is 250 g/mol. The zero-order chi connectivity index (χ0) is 11.5. The topological polar surface area (TPSA) is 85.1 Å². The maximum absolute atomic E-state index is 11.6. The molecule has 16 heavy (non-hydrogen) atoms. The predicted octanol–water partition coefficient (Wildman–Crippen LogP) is 2.37. The lowest BCUT2D eigenvalue weighted by molar-refractivity contribution is -0.380. The Labute approximate surface area is 97.7 Å². The van der Waals surface area contributed by atoms with Crippen LogP contribution < -0.4 is 5.32 Å². The molecule has 0 saturated heterocycles. The van der Waals surface area contributed by atoms with Crippen molar-refractivity contribution in [2.45, 2.75) is 0 Å². The van der Waals surface area contributed by atoms with Crippen LogP contribution in [0.25, 0.3) is 0 Å². The van der Waals surface area contributed by atoms with Crippen LogP contribution in [0.2, 0.25) is 0 Å². The Kier molecular flexibility index (Phi) is 2.93. The summed E-state index contributed by atoms with van der Waals surface area (Å²) in [5, 5.41) is 16.6. The van der Waals surface area contributed by atoms with Gasteiger partial charge in [-0.15, -0.1) is 11.3 Å². The molecule has 1 N–H and O–H groups in total. The second kappa shape index (κ2) is 4.37. The number of carbonyl (C=O) groups excluding carboxylic acids is 1. The van der Waals surface area contributed by atoms with Crippen LogP contribution in [0, 0.1) is 10.1 Å². The third-order valence-electron chi connectivity index (χ3n) is 1.68. The predicted molar refractivity (Wildman–Crippen MR) is 61.0 cm³/mol. The first-order chi connectivity index (χ1) is 7.66. The first-order valence-corrected chi connectivity index (χ1v) is 5.86. The van der Waals surface area contributed by atoms with Crippen LogP contribution in [-0.4, -0.2) is 15.8 Å². The molecule has 0 atom stereocenters. The van der Waals surface area contributed by atoms with E-state index in [2.05, 4.69) is 10.3 Å². The molecule has 0 aromatic carbocycles. The van der Waals surface area contributed by atoms with Crippen LogP contribution in [0.15, 0.2) is 23.0 Å². The van der Waals surface area contributed by atoms with Crippen LogP contribution in [-0.2, 0) is 0 Å². The average Bonchev–Trinajstić information content (AvgIpc) is 2.86. The number of thiophene rings is 1. The fourth-order valence-electron chi connectivity index (χ4n) is 0.994. The number of thiazole rings is 1. The smallest absolute Gasteiger partial charge is 0.298 e. The molecule has 2 rings (SSSR count). The highest BCUT2D eigenvalue weighted by Crippen LogP contribution is 2.23. The summed E-state index contributed by atoms with van der Waals surface area (Å²) < 4.78 is 0. The summed E-state index contributed by atoms with van der Waals surface area (Å²) in [6.45, 7) is 0. The number of hydrogen-bond donors (Lipinski definition) is 1.